The van der Waals surface area contributed by atoms with E-state index in [1.165, 1.54) is 130 Å². The number of hydrogen-bond donors (Lipinski definition) is 0. The summed E-state index contributed by atoms with van der Waals surface area (Å²) in [5, 5.41) is 23.0. The van der Waals surface area contributed by atoms with Crippen molar-refractivity contribution in [1.82, 2.24) is 0 Å². The molecule has 13 aromatic rings. The molecule has 0 saturated heterocycles. The molecule has 0 fully saturated rings. The van der Waals surface area contributed by atoms with Gasteiger partial charge in [0.25, 0.3) is 0 Å². The largest absolute Gasteiger partial charge is 0.0622 e. The van der Waals surface area contributed by atoms with Crippen LogP contribution in [0, 0.1) is 0 Å². The molecule has 13 aromatic carbocycles. The minimum atomic E-state index is 1.21. The normalized spacial score (nSPS) is 12.0. The predicted octanol–water partition coefficient (Wildman–Crippen LogP) is 17.1. The van der Waals surface area contributed by atoms with Gasteiger partial charge < -0.3 is 0 Å². The van der Waals surface area contributed by atoms with Gasteiger partial charge in [-0.05, 0) is 130 Å². The Kier molecular flexibility index (Phi) is 7.11. The fourth-order valence-corrected chi connectivity index (χ4v) is 10.8. The SMILES string of the molecule is c1ccc(-c2ccc3c4ccc5ccccc5c4c4ccccc4c3c2-c2c3ccccc3c(-c3cccc4c5ccccc5c5ccccc5c34)c3ccccc23)cc1. The lowest BCUT2D eigenvalue weighted by atomic mass is 9.79. The molecular weight excluding hydrogens is 721 g/mol. The van der Waals surface area contributed by atoms with Crippen LogP contribution in [-0.2, 0) is 0 Å². The highest BCUT2D eigenvalue weighted by Gasteiger charge is 2.25. The van der Waals surface area contributed by atoms with Gasteiger partial charge >= 0.3 is 0 Å². The number of rotatable bonds is 3. The molecule has 0 spiro atoms. The molecule has 0 heteroatoms. The first-order chi connectivity index (χ1) is 29.8. The third kappa shape index (κ3) is 4.62. The highest BCUT2D eigenvalue weighted by atomic mass is 14.3. The number of fused-ring (bicyclic) bond motifs is 16. The first kappa shape index (κ1) is 33.2. The third-order valence-electron chi connectivity index (χ3n) is 13.2. The average molecular weight is 757 g/mol. The van der Waals surface area contributed by atoms with Crippen molar-refractivity contribution in [3.8, 4) is 33.4 Å². The molecule has 0 unspecified atom stereocenters. The van der Waals surface area contributed by atoms with Gasteiger partial charge in [-0.3, -0.25) is 0 Å². The zero-order valence-corrected chi connectivity index (χ0v) is 32.8. The summed E-state index contributed by atoms with van der Waals surface area (Å²) in [5.41, 5.74) is 7.53. The van der Waals surface area contributed by atoms with Crippen LogP contribution < -0.4 is 0 Å². The molecule has 0 aliphatic rings. The van der Waals surface area contributed by atoms with Crippen molar-refractivity contribution in [1.29, 1.82) is 0 Å². The molecule has 0 saturated carbocycles. The second-order valence-electron chi connectivity index (χ2n) is 16.2. The van der Waals surface area contributed by atoms with Gasteiger partial charge in [-0.15, -0.1) is 0 Å². The minimum absolute atomic E-state index is 1.21. The topological polar surface area (TPSA) is 0 Å². The Morgan fingerprint density at radius 1 is 0.167 bits per heavy atom. The molecule has 0 heterocycles. The zero-order valence-electron chi connectivity index (χ0n) is 32.8. The van der Waals surface area contributed by atoms with E-state index in [1.807, 2.05) is 0 Å². The van der Waals surface area contributed by atoms with Crippen LogP contribution in [0.15, 0.2) is 218 Å². The first-order valence-corrected chi connectivity index (χ1v) is 20.9. The van der Waals surface area contributed by atoms with Crippen molar-refractivity contribution in [2.45, 2.75) is 0 Å². The van der Waals surface area contributed by atoms with Crippen LogP contribution in [-0.4, -0.2) is 0 Å². The average Bonchev–Trinajstić information content (AvgIpc) is 3.33. The molecule has 276 valence electrons. The maximum atomic E-state index is 2.38. The summed E-state index contributed by atoms with van der Waals surface area (Å²) in [7, 11) is 0. The van der Waals surface area contributed by atoms with Crippen molar-refractivity contribution < 1.29 is 0 Å². The summed E-state index contributed by atoms with van der Waals surface area (Å²) in [5.74, 6) is 0. The van der Waals surface area contributed by atoms with Crippen molar-refractivity contribution in [2.24, 2.45) is 0 Å². The number of hydrogen-bond acceptors (Lipinski definition) is 0. The van der Waals surface area contributed by atoms with Gasteiger partial charge in [-0.25, -0.2) is 0 Å². The zero-order chi connectivity index (χ0) is 39.3. The highest BCUT2D eigenvalue weighted by Crippen LogP contribution is 2.52. The van der Waals surface area contributed by atoms with Gasteiger partial charge in [0.1, 0.15) is 0 Å². The molecule has 0 radical (unpaired) electrons. The van der Waals surface area contributed by atoms with E-state index in [4.69, 9.17) is 0 Å². The Hall–Kier alpha value is -7.80. The van der Waals surface area contributed by atoms with E-state index >= 15 is 0 Å². The maximum Gasteiger partial charge on any atom is -0.000785 e. The van der Waals surface area contributed by atoms with Gasteiger partial charge in [-0.1, -0.05) is 218 Å². The Morgan fingerprint density at radius 2 is 0.567 bits per heavy atom. The Labute approximate surface area is 347 Å². The minimum Gasteiger partial charge on any atom is -0.0622 e. The summed E-state index contributed by atoms with van der Waals surface area (Å²) < 4.78 is 0. The molecule has 0 amide bonds. The quantitative estimate of drug-likeness (QED) is 0.124. The van der Waals surface area contributed by atoms with E-state index in [2.05, 4.69) is 218 Å². The molecule has 0 aliphatic carbocycles. The monoisotopic (exact) mass is 756 g/mol. The molecule has 60 heavy (non-hydrogen) atoms. The molecule has 0 aliphatic heterocycles. The van der Waals surface area contributed by atoms with Gasteiger partial charge in [0.15, 0.2) is 0 Å². The lowest BCUT2D eigenvalue weighted by Crippen LogP contribution is -1.96. The molecule has 13 rings (SSSR count). The second-order valence-corrected chi connectivity index (χ2v) is 16.2. The van der Waals surface area contributed by atoms with E-state index in [9.17, 15) is 0 Å². The van der Waals surface area contributed by atoms with Gasteiger partial charge in [-0.2, -0.15) is 0 Å². The van der Waals surface area contributed by atoms with Crippen molar-refractivity contribution in [3.63, 3.8) is 0 Å². The van der Waals surface area contributed by atoms with Gasteiger partial charge in [0.05, 0.1) is 0 Å². The molecule has 0 N–H and O–H groups in total. The summed E-state index contributed by atoms with van der Waals surface area (Å²) in [6.07, 6.45) is 0. The van der Waals surface area contributed by atoms with E-state index in [1.54, 1.807) is 0 Å². The smallest absolute Gasteiger partial charge is 0.000785 e. The molecule has 0 aromatic heterocycles. The Morgan fingerprint density at radius 3 is 1.18 bits per heavy atom. The van der Waals surface area contributed by atoms with Crippen molar-refractivity contribution in [3.05, 3.63) is 218 Å². The standard InChI is InChI=1S/C60H36/c1-2-17-37(18-3-1)40-35-36-53-52-34-33-38-19-4-5-20-39(38)55(52)46-25-10-13-28-49(46)59(53)60(40)58-50-29-14-11-26-47(50)57(48-27-12-15-30-51(48)58)54-32-16-31-45-43-22-7-6-21-41(43)42-23-8-9-24-44(42)56(45)54/h1-36H. The van der Waals surface area contributed by atoms with E-state index in [0.717, 1.165) is 0 Å². The Bertz CT molecular complexity index is 3810. The van der Waals surface area contributed by atoms with Crippen molar-refractivity contribution >= 4 is 97.0 Å². The summed E-state index contributed by atoms with van der Waals surface area (Å²) >= 11 is 0. The van der Waals surface area contributed by atoms with Gasteiger partial charge in [0, 0.05) is 0 Å². The number of benzene rings is 13. The highest BCUT2D eigenvalue weighted by molar-refractivity contribution is 6.37. The summed E-state index contributed by atoms with van der Waals surface area (Å²) in [6, 6.07) is 81.5. The maximum absolute atomic E-state index is 2.38. The molecule has 0 nitrogen and oxygen atoms in total. The van der Waals surface area contributed by atoms with Crippen LogP contribution in [0.5, 0.6) is 0 Å². The van der Waals surface area contributed by atoms with E-state index < -0.39 is 0 Å². The van der Waals surface area contributed by atoms with E-state index in [-0.39, 0.29) is 0 Å². The van der Waals surface area contributed by atoms with Crippen LogP contribution in [0.3, 0.4) is 0 Å². The summed E-state index contributed by atoms with van der Waals surface area (Å²) in [6.45, 7) is 0. The lowest BCUT2D eigenvalue weighted by molar-refractivity contribution is 1.64. The van der Waals surface area contributed by atoms with Crippen LogP contribution in [0.1, 0.15) is 0 Å². The fourth-order valence-electron chi connectivity index (χ4n) is 10.8. The molecular formula is C60H36. The van der Waals surface area contributed by atoms with Gasteiger partial charge in [0.2, 0.25) is 0 Å². The first-order valence-electron chi connectivity index (χ1n) is 20.9. The van der Waals surface area contributed by atoms with Crippen LogP contribution in [0.4, 0.5) is 0 Å². The predicted molar refractivity (Wildman–Crippen MR) is 260 cm³/mol. The fraction of sp³-hybridized carbons (Fsp3) is 0. The molecule has 0 atom stereocenters. The van der Waals surface area contributed by atoms with E-state index in [0.29, 0.717) is 0 Å². The van der Waals surface area contributed by atoms with Crippen LogP contribution >= 0.6 is 0 Å². The second kappa shape index (κ2) is 12.9. The van der Waals surface area contributed by atoms with Crippen LogP contribution in [0.25, 0.3) is 130 Å². The summed E-state index contributed by atoms with van der Waals surface area (Å²) in [4.78, 5) is 0. The molecule has 0 bridgehead atoms. The third-order valence-corrected chi connectivity index (χ3v) is 13.2. The lowest BCUT2D eigenvalue weighted by Gasteiger charge is -2.24. The van der Waals surface area contributed by atoms with Crippen molar-refractivity contribution in [2.75, 3.05) is 0 Å². The Balaban J connectivity index is 1.25. The van der Waals surface area contributed by atoms with Crippen LogP contribution in [0.2, 0.25) is 0 Å².